The van der Waals surface area contributed by atoms with Crippen molar-refractivity contribution in [3.8, 4) is 0 Å². The maximum Gasteiger partial charge on any atom is 0.323 e. The molecule has 0 bridgehead atoms. The minimum atomic E-state index is -1.08. The van der Waals surface area contributed by atoms with E-state index in [9.17, 15) is 9.90 Å². The van der Waals surface area contributed by atoms with Crippen molar-refractivity contribution in [2.75, 3.05) is 0 Å². The van der Waals surface area contributed by atoms with Crippen LogP contribution in [-0.2, 0) is 11.8 Å². The average Bonchev–Trinajstić information content (AvgIpc) is 2.61. The van der Waals surface area contributed by atoms with Gasteiger partial charge in [0.25, 0.3) is 0 Å². The molecule has 0 radical (unpaired) electrons. The van der Waals surface area contributed by atoms with Gasteiger partial charge in [-0.15, -0.1) is 10.2 Å². The lowest BCUT2D eigenvalue weighted by atomic mass is 9.82. The second-order valence-electron chi connectivity index (χ2n) is 4.89. The number of hydrogen-bond acceptors (Lipinski definition) is 5. The molecule has 1 fully saturated rings. The topological polar surface area (TPSA) is 94.0 Å². The predicted octanol–water partition coefficient (Wildman–Crippen LogP) is 0.940. The van der Waals surface area contributed by atoms with Gasteiger partial charge in [0, 0.05) is 12.3 Å². The van der Waals surface area contributed by atoms with Crippen LogP contribution in [0.25, 0.3) is 0 Å². The summed E-state index contributed by atoms with van der Waals surface area (Å²) in [5, 5.41) is 18.3. The first-order valence-electron chi connectivity index (χ1n) is 5.97. The first-order chi connectivity index (χ1) is 8.42. The number of aryl methyl sites for hydroxylation is 1. The molecule has 2 atom stereocenters. The van der Waals surface area contributed by atoms with E-state index in [4.69, 9.17) is 5.73 Å². The van der Waals surface area contributed by atoms with Crippen LogP contribution >= 0.6 is 11.8 Å². The first kappa shape index (κ1) is 13.4. The number of nitrogens with zero attached hydrogens (tertiary/aromatic N) is 3. The fourth-order valence-electron chi connectivity index (χ4n) is 2.19. The molecule has 0 spiro atoms. The summed E-state index contributed by atoms with van der Waals surface area (Å²) in [6, 6.07) is 0. The molecule has 3 N–H and O–H groups in total. The van der Waals surface area contributed by atoms with Crippen LogP contribution in [0.3, 0.4) is 0 Å². The number of nitrogens with two attached hydrogens (primary N) is 1. The fourth-order valence-corrected chi connectivity index (χ4v) is 3.53. The molecule has 0 amide bonds. The number of carboxylic acid groups (broad SMARTS) is 1. The number of hydrogen-bond donors (Lipinski definition) is 2. The van der Waals surface area contributed by atoms with Crippen molar-refractivity contribution in [2.45, 2.75) is 48.6 Å². The molecule has 2 rings (SSSR count). The Hall–Kier alpha value is -1.08. The van der Waals surface area contributed by atoms with E-state index in [2.05, 4.69) is 10.2 Å². The molecule has 1 aliphatic carbocycles. The minimum absolute atomic E-state index is 0.196. The second kappa shape index (κ2) is 4.89. The van der Waals surface area contributed by atoms with Gasteiger partial charge in [-0.3, -0.25) is 4.79 Å². The highest BCUT2D eigenvalue weighted by Crippen LogP contribution is 2.36. The summed E-state index contributed by atoms with van der Waals surface area (Å²) in [6.07, 6.45) is 2.86. The van der Waals surface area contributed by atoms with Gasteiger partial charge >= 0.3 is 5.97 Å². The Bertz CT molecular complexity index is 462. The van der Waals surface area contributed by atoms with Crippen molar-refractivity contribution >= 4 is 17.7 Å². The highest BCUT2D eigenvalue weighted by Gasteiger charge is 2.40. The Morgan fingerprint density at radius 3 is 2.89 bits per heavy atom. The largest absolute Gasteiger partial charge is 0.480 e. The lowest BCUT2D eigenvalue weighted by Gasteiger charge is -2.33. The molecule has 1 aromatic rings. The van der Waals surface area contributed by atoms with Gasteiger partial charge in [-0.1, -0.05) is 11.8 Å². The van der Waals surface area contributed by atoms with Gasteiger partial charge in [0.15, 0.2) is 5.16 Å². The Kier molecular flexibility index (Phi) is 3.63. The molecule has 1 heterocycles. The van der Waals surface area contributed by atoms with Crippen LogP contribution in [0.4, 0.5) is 0 Å². The van der Waals surface area contributed by atoms with E-state index in [-0.39, 0.29) is 5.25 Å². The fraction of sp³-hybridized carbons (Fsp3) is 0.727. The molecule has 0 aliphatic heterocycles. The zero-order valence-electron chi connectivity index (χ0n) is 10.6. The van der Waals surface area contributed by atoms with Crippen molar-refractivity contribution in [2.24, 2.45) is 12.8 Å². The van der Waals surface area contributed by atoms with Gasteiger partial charge in [0.05, 0.1) is 0 Å². The summed E-state index contributed by atoms with van der Waals surface area (Å²) in [4.78, 5) is 11.2. The Balaban J connectivity index is 2.06. The predicted molar refractivity (Wildman–Crippen MR) is 68.4 cm³/mol. The van der Waals surface area contributed by atoms with Crippen molar-refractivity contribution in [3.63, 3.8) is 0 Å². The number of aromatic nitrogens is 3. The first-order valence-corrected chi connectivity index (χ1v) is 6.85. The molecule has 6 nitrogen and oxygen atoms in total. The third-order valence-corrected chi connectivity index (χ3v) is 4.79. The zero-order valence-corrected chi connectivity index (χ0v) is 11.4. The maximum absolute atomic E-state index is 11.2. The van der Waals surface area contributed by atoms with E-state index < -0.39 is 11.5 Å². The number of rotatable bonds is 3. The summed E-state index contributed by atoms with van der Waals surface area (Å²) in [6.45, 7) is 1.89. The number of aliphatic carboxylic acids is 1. The summed E-state index contributed by atoms with van der Waals surface area (Å²) >= 11 is 1.58. The van der Waals surface area contributed by atoms with Gasteiger partial charge in [-0.2, -0.15) is 0 Å². The number of thioether (sulfide) groups is 1. The highest BCUT2D eigenvalue weighted by atomic mass is 32.2. The SMILES string of the molecule is Cc1nnc(SC2CCCC(N)(C(=O)O)C2)n1C. The summed E-state index contributed by atoms with van der Waals surface area (Å²) in [5.41, 5.74) is 4.85. The monoisotopic (exact) mass is 270 g/mol. The van der Waals surface area contributed by atoms with Crippen molar-refractivity contribution in [3.05, 3.63) is 5.82 Å². The molecular weight excluding hydrogens is 252 g/mol. The Morgan fingerprint density at radius 1 is 1.61 bits per heavy atom. The standard InChI is InChI=1S/C11H18N4O2S/c1-7-13-14-10(15(7)2)18-8-4-3-5-11(12,6-8)9(16)17/h8H,3-6,12H2,1-2H3,(H,16,17). The summed E-state index contributed by atoms with van der Waals surface area (Å²) in [5.74, 6) is -0.0486. The number of carboxylic acids is 1. The van der Waals surface area contributed by atoms with Gasteiger partial charge in [0.2, 0.25) is 0 Å². The lowest BCUT2D eigenvalue weighted by molar-refractivity contribution is -0.144. The van der Waals surface area contributed by atoms with E-state index in [0.29, 0.717) is 12.8 Å². The molecule has 2 unspecified atom stereocenters. The maximum atomic E-state index is 11.2. The molecule has 7 heteroatoms. The van der Waals surface area contributed by atoms with E-state index in [1.54, 1.807) is 11.8 Å². The smallest absolute Gasteiger partial charge is 0.323 e. The molecule has 100 valence electrons. The molecule has 1 aliphatic rings. The van der Waals surface area contributed by atoms with Crippen LogP contribution < -0.4 is 5.73 Å². The Labute approximate surface area is 110 Å². The number of carbonyl (C=O) groups is 1. The van der Waals surface area contributed by atoms with Gasteiger partial charge < -0.3 is 15.4 Å². The normalized spacial score (nSPS) is 28.3. The molecule has 0 aromatic carbocycles. The second-order valence-corrected chi connectivity index (χ2v) is 6.15. The minimum Gasteiger partial charge on any atom is -0.480 e. The van der Waals surface area contributed by atoms with Crippen LogP contribution in [0, 0.1) is 6.92 Å². The van der Waals surface area contributed by atoms with Crippen molar-refractivity contribution in [1.82, 2.24) is 14.8 Å². The van der Waals surface area contributed by atoms with Crippen molar-refractivity contribution in [1.29, 1.82) is 0 Å². The summed E-state index contributed by atoms with van der Waals surface area (Å²) < 4.78 is 1.91. The zero-order chi connectivity index (χ0) is 13.3. The highest BCUT2D eigenvalue weighted by molar-refractivity contribution is 7.99. The molecular formula is C11H18N4O2S. The third-order valence-electron chi connectivity index (χ3n) is 3.49. The Morgan fingerprint density at radius 2 is 2.33 bits per heavy atom. The van der Waals surface area contributed by atoms with Crippen LogP contribution in [0.1, 0.15) is 31.5 Å². The average molecular weight is 270 g/mol. The summed E-state index contributed by atoms with van der Waals surface area (Å²) in [7, 11) is 1.91. The van der Waals surface area contributed by atoms with Gasteiger partial charge in [0.1, 0.15) is 11.4 Å². The van der Waals surface area contributed by atoms with Crippen LogP contribution in [0.5, 0.6) is 0 Å². The van der Waals surface area contributed by atoms with E-state index in [0.717, 1.165) is 23.8 Å². The molecule has 1 saturated carbocycles. The van der Waals surface area contributed by atoms with E-state index >= 15 is 0 Å². The van der Waals surface area contributed by atoms with Crippen LogP contribution in [0.2, 0.25) is 0 Å². The van der Waals surface area contributed by atoms with Crippen LogP contribution in [0.15, 0.2) is 5.16 Å². The van der Waals surface area contributed by atoms with E-state index in [1.165, 1.54) is 0 Å². The third kappa shape index (κ3) is 2.51. The lowest BCUT2D eigenvalue weighted by Crippen LogP contribution is -2.51. The van der Waals surface area contributed by atoms with Gasteiger partial charge in [-0.05, 0) is 32.6 Å². The molecule has 0 saturated heterocycles. The van der Waals surface area contributed by atoms with Crippen molar-refractivity contribution < 1.29 is 9.90 Å². The van der Waals surface area contributed by atoms with Gasteiger partial charge in [-0.25, -0.2) is 0 Å². The van der Waals surface area contributed by atoms with E-state index in [1.807, 2.05) is 18.5 Å². The molecule has 18 heavy (non-hydrogen) atoms. The quantitative estimate of drug-likeness (QED) is 0.849. The van der Waals surface area contributed by atoms with Crippen LogP contribution in [-0.4, -0.2) is 36.6 Å². The molecule has 1 aromatic heterocycles.